The molecule has 0 aromatic heterocycles. The third-order valence-electron chi connectivity index (χ3n) is 2.43. The first-order chi connectivity index (χ1) is 6.56. The molecule has 0 fully saturated rings. The van der Waals surface area contributed by atoms with Gasteiger partial charge in [-0.3, -0.25) is 0 Å². The van der Waals surface area contributed by atoms with Gasteiger partial charge in [-0.15, -0.1) is 0 Å². The highest BCUT2D eigenvalue weighted by atomic mass is 19.1. The average molecular weight is 195 g/mol. The van der Waals surface area contributed by atoms with Crippen LogP contribution in [0.25, 0.3) is 0 Å². The van der Waals surface area contributed by atoms with Gasteiger partial charge in [0.2, 0.25) is 0 Å². The standard InChI is InChI=1S/C12H18FN/c1-4-5-11(14)10-7-8(2)6-9(3)12(10)13/h6-7,11H,4-5,14H2,1-3H3. The average Bonchev–Trinajstić information content (AvgIpc) is 2.11. The van der Waals surface area contributed by atoms with Crippen molar-refractivity contribution in [1.82, 2.24) is 0 Å². The second-order valence-corrected chi connectivity index (χ2v) is 3.88. The first-order valence-corrected chi connectivity index (χ1v) is 5.08. The molecule has 0 aliphatic heterocycles. The van der Waals surface area contributed by atoms with E-state index in [1.807, 2.05) is 19.1 Å². The van der Waals surface area contributed by atoms with E-state index in [9.17, 15) is 4.39 Å². The molecule has 0 heterocycles. The minimum absolute atomic E-state index is 0.142. The zero-order chi connectivity index (χ0) is 10.7. The van der Waals surface area contributed by atoms with Crippen LogP contribution in [-0.4, -0.2) is 0 Å². The molecule has 1 nitrogen and oxygen atoms in total. The first kappa shape index (κ1) is 11.2. The third-order valence-corrected chi connectivity index (χ3v) is 2.43. The molecule has 1 atom stereocenters. The predicted molar refractivity (Wildman–Crippen MR) is 57.7 cm³/mol. The van der Waals surface area contributed by atoms with E-state index in [-0.39, 0.29) is 11.9 Å². The molecule has 0 radical (unpaired) electrons. The lowest BCUT2D eigenvalue weighted by atomic mass is 9.98. The summed E-state index contributed by atoms with van der Waals surface area (Å²) in [6, 6.07) is 3.53. The van der Waals surface area contributed by atoms with Crippen molar-refractivity contribution in [3.05, 3.63) is 34.6 Å². The predicted octanol–water partition coefficient (Wildman–Crippen LogP) is 3.24. The fourth-order valence-corrected chi connectivity index (χ4v) is 1.72. The third kappa shape index (κ3) is 2.32. The Morgan fingerprint density at radius 3 is 2.57 bits per heavy atom. The maximum atomic E-state index is 13.7. The number of halogens is 1. The van der Waals surface area contributed by atoms with Crippen molar-refractivity contribution >= 4 is 0 Å². The van der Waals surface area contributed by atoms with Crippen LogP contribution in [0.5, 0.6) is 0 Å². The summed E-state index contributed by atoms with van der Waals surface area (Å²) in [6.07, 6.45) is 1.81. The molecule has 1 rings (SSSR count). The first-order valence-electron chi connectivity index (χ1n) is 5.08. The molecule has 14 heavy (non-hydrogen) atoms. The van der Waals surface area contributed by atoms with Crippen LogP contribution in [0.2, 0.25) is 0 Å². The maximum Gasteiger partial charge on any atom is 0.130 e. The van der Waals surface area contributed by atoms with Crippen LogP contribution in [0.1, 0.15) is 42.5 Å². The van der Waals surface area contributed by atoms with Crippen LogP contribution in [0.15, 0.2) is 12.1 Å². The highest BCUT2D eigenvalue weighted by Crippen LogP contribution is 2.23. The monoisotopic (exact) mass is 195 g/mol. The molecule has 0 spiro atoms. The lowest BCUT2D eigenvalue weighted by Crippen LogP contribution is -2.12. The van der Waals surface area contributed by atoms with E-state index < -0.39 is 0 Å². The second-order valence-electron chi connectivity index (χ2n) is 3.88. The van der Waals surface area contributed by atoms with Gasteiger partial charge >= 0.3 is 0 Å². The molecular weight excluding hydrogens is 177 g/mol. The summed E-state index contributed by atoms with van der Waals surface area (Å²) in [6.45, 7) is 5.81. The van der Waals surface area contributed by atoms with Gasteiger partial charge in [0.1, 0.15) is 5.82 Å². The van der Waals surface area contributed by atoms with Crippen LogP contribution in [-0.2, 0) is 0 Å². The van der Waals surface area contributed by atoms with E-state index in [1.54, 1.807) is 6.92 Å². The van der Waals surface area contributed by atoms with Gasteiger partial charge in [-0.25, -0.2) is 4.39 Å². The minimum Gasteiger partial charge on any atom is -0.324 e. The molecule has 0 saturated heterocycles. The van der Waals surface area contributed by atoms with Gasteiger partial charge in [0.25, 0.3) is 0 Å². The Morgan fingerprint density at radius 1 is 1.36 bits per heavy atom. The van der Waals surface area contributed by atoms with Crippen molar-refractivity contribution in [2.45, 2.75) is 39.7 Å². The summed E-state index contributed by atoms with van der Waals surface area (Å²) in [5.41, 5.74) is 8.32. The van der Waals surface area contributed by atoms with E-state index in [4.69, 9.17) is 5.73 Å². The molecule has 2 N–H and O–H groups in total. The van der Waals surface area contributed by atoms with Crippen molar-refractivity contribution in [2.75, 3.05) is 0 Å². The lowest BCUT2D eigenvalue weighted by Gasteiger charge is -2.14. The van der Waals surface area contributed by atoms with E-state index in [2.05, 4.69) is 6.92 Å². The van der Waals surface area contributed by atoms with Gasteiger partial charge in [-0.1, -0.05) is 31.0 Å². The summed E-state index contributed by atoms with van der Waals surface area (Å²) in [4.78, 5) is 0. The molecule has 0 saturated carbocycles. The Morgan fingerprint density at radius 2 is 2.00 bits per heavy atom. The van der Waals surface area contributed by atoms with Crippen LogP contribution in [0.4, 0.5) is 4.39 Å². The minimum atomic E-state index is -0.168. The Bertz CT molecular complexity index is 320. The molecule has 1 unspecified atom stereocenters. The van der Waals surface area contributed by atoms with Gasteiger partial charge in [0, 0.05) is 11.6 Å². The number of aryl methyl sites for hydroxylation is 2. The van der Waals surface area contributed by atoms with E-state index in [0.717, 1.165) is 18.4 Å². The van der Waals surface area contributed by atoms with Gasteiger partial charge in [-0.2, -0.15) is 0 Å². The molecule has 0 aliphatic carbocycles. The quantitative estimate of drug-likeness (QED) is 0.787. The Hall–Kier alpha value is -0.890. The summed E-state index contributed by atoms with van der Waals surface area (Å²) >= 11 is 0. The van der Waals surface area contributed by atoms with Gasteiger partial charge in [0.05, 0.1) is 0 Å². The van der Waals surface area contributed by atoms with E-state index in [0.29, 0.717) is 11.1 Å². The molecular formula is C12H18FN. The van der Waals surface area contributed by atoms with Crippen molar-refractivity contribution in [3.63, 3.8) is 0 Å². The fourth-order valence-electron chi connectivity index (χ4n) is 1.72. The Kier molecular flexibility index (Phi) is 3.64. The fraction of sp³-hybridized carbons (Fsp3) is 0.500. The largest absolute Gasteiger partial charge is 0.324 e. The Balaban J connectivity index is 3.07. The maximum absolute atomic E-state index is 13.7. The van der Waals surface area contributed by atoms with Gasteiger partial charge in [-0.05, 0) is 25.8 Å². The second kappa shape index (κ2) is 4.56. The van der Waals surface area contributed by atoms with Crippen LogP contribution in [0, 0.1) is 19.7 Å². The van der Waals surface area contributed by atoms with Gasteiger partial charge < -0.3 is 5.73 Å². The van der Waals surface area contributed by atoms with Crippen molar-refractivity contribution < 1.29 is 4.39 Å². The van der Waals surface area contributed by atoms with Crippen LogP contribution < -0.4 is 5.73 Å². The molecule has 1 aromatic carbocycles. The zero-order valence-corrected chi connectivity index (χ0v) is 9.10. The highest BCUT2D eigenvalue weighted by Gasteiger charge is 2.12. The van der Waals surface area contributed by atoms with Crippen molar-refractivity contribution in [2.24, 2.45) is 5.73 Å². The molecule has 2 heteroatoms. The van der Waals surface area contributed by atoms with E-state index >= 15 is 0 Å². The molecule has 0 aliphatic rings. The number of nitrogens with two attached hydrogens (primary N) is 1. The Labute approximate surface area is 85.1 Å². The number of hydrogen-bond donors (Lipinski definition) is 1. The number of rotatable bonds is 3. The zero-order valence-electron chi connectivity index (χ0n) is 9.10. The molecule has 78 valence electrons. The smallest absolute Gasteiger partial charge is 0.130 e. The molecule has 1 aromatic rings. The van der Waals surface area contributed by atoms with Crippen molar-refractivity contribution in [1.29, 1.82) is 0 Å². The summed E-state index contributed by atoms with van der Waals surface area (Å²) in [5, 5.41) is 0. The number of hydrogen-bond acceptors (Lipinski definition) is 1. The van der Waals surface area contributed by atoms with E-state index in [1.165, 1.54) is 0 Å². The number of benzene rings is 1. The summed E-state index contributed by atoms with van der Waals surface area (Å²) in [5.74, 6) is -0.142. The topological polar surface area (TPSA) is 26.0 Å². The summed E-state index contributed by atoms with van der Waals surface area (Å²) in [7, 11) is 0. The van der Waals surface area contributed by atoms with Crippen LogP contribution >= 0.6 is 0 Å². The van der Waals surface area contributed by atoms with Crippen LogP contribution in [0.3, 0.4) is 0 Å². The SMILES string of the molecule is CCCC(N)c1cc(C)cc(C)c1F. The molecule has 0 amide bonds. The molecule has 0 bridgehead atoms. The lowest BCUT2D eigenvalue weighted by molar-refractivity contribution is 0.553. The highest BCUT2D eigenvalue weighted by molar-refractivity contribution is 5.32. The summed E-state index contributed by atoms with van der Waals surface area (Å²) < 4.78 is 13.7. The van der Waals surface area contributed by atoms with Gasteiger partial charge in [0.15, 0.2) is 0 Å². The van der Waals surface area contributed by atoms with Crippen molar-refractivity contribution in [3.8, 4) is 0 Å². The normalized spacial score (nSPS) is 12.9.